The molecule has 0 saturated carbocycles. The zero-order chi connectivity index (χ0) is 37.3. The standard InChI is InChI=1S/C55H39N/c1-2-13-38(14-3-1)42-17-8-18-43(33-42)44-19-9-20-45(34-44)46-21-10-22-47(35-46)48-23-11-24-49(36-48)55-37-53(52-26-6-7-28-54(52)56-55)41-31-29-40(30-32-41)51-27-12-16-39-15-4-5-25-50(39)51/h1-32,34-37,42H,33H2. The maximum atomic E-state index is 5.20. The van der Waals surface area contributed by atoms with E-state index in [1.165, 1.54) is 72.0 Å². The maximum Gasteiger partial charge on any atom is 0.0716 e. The molecule has 1 aromatic heterocycles. The van der Waals surface area contributed by atoms with Crippen molar-refractivity contribution in [1.29, 1.82) is 0 Å². The van der Waals surface area contributed by atoms with E-state index in [1.54, 1.807) is 0 Å². The lowest BCUT2D eigenvalue weighted by Gasteiger charge is -2.20. The Morgan fingerprint density at radius 1 is 0.393 bits per heavy atom. The van der Waals surface area contributed by atoms with Gasteiger partial charge in [0.1, 0.15) is 0 Å². The van der Waals surface area contributed by atoms with Gasteiger partial charge >= 0.3 is 0 Å². The SMILES string of the molecule is C1=CC(c2ccccc2)CC(c2cccc(-c3cccc(-c4cccc(-c5cc(-c6ccc(-c7cccc8ccccc78)cc6)c6ccccc6n5)c4)c3)c2)=C1. The molecule has 8 aromatic carbocycles. The molecule has 1 unspecified atom stereocenters. The van der Waals surface area contributed by atoms with Gasteiger partial charge in [0.15, 0.2) is 0 Å². The molecule has 0 aliphatic heterocycles. The van der Waals surface area contributed by atoms with Crippen molar-refractivity contribution < 1.29 is 0 Å². The molecule has 1 aliphatic carbocycles. The van der Waals surface area contributed by atoms with Crippen molar-refractivity contribution in [2.75, 3.05) is 0 Å². The Bertz CT molecular complexity index is 2930. The molecule has 0 N–H and O–H groups in total. The first-order chi connectivity index (χ1) is 27.7. The number of allylic oxidation sites excluding steroid dienone is 4. The van der Waals surface area contributed by atoms with Gasteiger partial charge < -0.3 is 0 Å². The molecule has 0 radical (unpaired) electrons. The largest absolute Gasteiger partial charge is 0.248 e. The number of pyridine rings is 1. The highest BCUT2D eigenvalue weighted by Gasteiger charge is 2.16. The second-order valence-corrected chi connectivity index (χ2v) is 14.7. The number of hydrogen-bond donors (Lipinski definition) is 0. The zero-order valence-corrected chi connectivity index (χ0v) is 31.0. The lowest BCUT2D eigenvalue weighted by molar-refractivity contribution is 0.867. The minimum atomic E-state index is 0.393. The van der Waals surface area contributed by atoms with Crippen LogP contribution in [0.15, 0.2) is 218 Å². The van der Waals surface area contributed by atoms with Gasteiger partial charge in [0.05, 0.1) is 11.2 Å². The molecule has 0 spiro atoms. The van der Waals surface area contributed by atoms with Gasteiger partial charge in [0.25, 0.3) is 0 Å². The smallest absolute Gasteiger partial charge is 0.0716 e. The Balaban J connectivity index is 0.960. The van der Waals surface area contributed by atoms with Gasteiger partial charge in [-0.15, -0.1) is 0 Å². The van der Waals surface area contributed by atoms with Crippen molar-refractivity contribution in [3.63, 3.8) is 0 Å². The van der Waals surface area contributed by atoms with Crippen LogP contribution < -0.4 is 0 Å². The predicted molar refractivity (Wildman–Crippen MR) is 237 cm³/mol. The molecule has 264 valence electrons. The zero-order valence-electron chi connectivity index (χ0n) is 31.0. The number of rotatable bonds is 7. The van der Waals surface area contributed by atoms with Crippen molar-refractivity contribution >= 4 is 27.2 Å². The van der Waals surface area contributed by atoms with Gasteiger partial charge in [-0.25, -0.2) is 4.98 Å². The van der Waals surface area contributed by atoms with Crippen molar-refractivity contribution in [1.82, 2.24) is 4.98 Å². The van der Waals surface area contributed by atoms with Crippen LogP contribution in [0, 0.1) is 0 Å². The van der Waals surface area contributed by atoms with Crippen molar-refractivity contribution in [2.45, 2.75) is 12.3 Å². The average Bonchev–Trinajstić information content (AvgIpc) is 3.29. The van der Waals surface area contributed by atoms with E-state index < -0.39 is 0 Å². The van der Waals surface area contributed by atoms with E-state index in [9.17, 15) is 0 Å². The third kappa shape index (κ3) is 6.54. The number of aromatic nitrogens is 1. The lowest BCUT2D eigenvalue weighted by atomic mass is 9.85. The van der Waals surface area contributed by atoms with E-state index >= 15 is 0 Å². The Morgan fingerprint density at radius 2 is 0.946 bits per heavy atom. The van der Waals surface area contributed by atoms with E-state index in [2.05, 4.69) is 218 Å². The second-order valence-electron chi connectivity index (χ2n) is 14.7. The molecule has 1 heterocycles. The maximum absolute atomic E-state index is 5.20. The highest BCUT2D eigenvalue weighted by Crippen LogP contribution is 2.38. The molecule has 0 bridgehead atoms. The van der Waals surface area contributed by atoms with Gasteiger partial charge in [-0.05, 0) is 109 Å². The molecular weight excluding hydrogens is 675 g/mol. The van der Waals surface area contributed by atoms with Crippen LogP contribution >= 0.6 is 0 Å². The Labute approximate surface area is 328 Å². The Morgan fingerprint density at radius 3 is 1.70 bits per heavy atom. The molecule has 0 saturated heterocycles. The van der Waals surface area contributed by atoms with Gasteiger partial charge in [-0.3, -0.25) is 0 Å². The topological polar surface area (TPSA) is 12.9 Å². The van der Waals surface area contributed by atoms with Crippen molar-refractivity contribution in [3.05, 3.63) is 230 Å². The first-order valence-electron chi connectivity index (χ1n) is 19.5. The van der Waals surface area contributed by atoms with E-state index in [-0.39, 0.29) is 0 Å². The van der Waals surface area contributed by atoms with Crippen LogP contribution in [0.3, 0.4) is 0 Å². The monoisotopic (exact) mass is 713 g/mol. The summed E-state index contributed by atoms with van der Waals surface area (Å²) in [5.41, 5.74) is 16.7. The van der Waals surface area contributed by atoms with Crippen LogP contribution in [0.25, 0.3) is 83.0 Å². The lowest BCUT2D eigenvalue weighted by Crippen LogP contribution is -2.00. The number of fused-ring (bicyclic) bond motifs is 2. The highest BCUT2D eigenvalue weighted by molar-refractivity contribution is 5.99. The molecular formula is C55H39N. The van der Waals surface area contributed by atoms with E-state index in [1.807, 2.05) is 0 Å². The molecule has 1 atom stereocenters. The summed E-state index contributed by atoms with van der Waals surface area (Å²) in [6.07, 6.45) is 7.80. The Kier molecular flexibility index (Phi) is 8.74. The van der Waals surface area contributed by atoms with Crippen LogP contribution in [0.2, 0.25) is 0 Å². The second kappa shape index (κ2) is 14.6. The summed E-state index contributed by atoms with van der Waals surface area (Å²) < 4.78 is 0. The number of benzene rings is 8. The molecule has 1 heteroatoms. The fourth-order valence-electron chi connectivity index (χ4n) is 8.33. The first kappa shape index (κ1) is 33.5. The fourth-order valence-corrected chi connectivity index (χ4v) is 8.33. The quantitative estimate of drug-likeness (QED) is 0.160. The molecule has 0 fully saturated rings. The Hall–Kier alpha value is -7.09. The summed E-state index contributed by atoms with van der Waals surface area (Å²) in [4.78, 5) is 5.20. The minimum Gasteiger partial charge on any atom is -0.248 e. The molecule has 10 rings (SSSR count). The minimum absolute atomic E-state index is 0.393. The van der Waals surface area contributed by atoms with Crippen LogP contribution in [0.5, 0.6) is 0 Å². The van der Waals surface area contributed by atoms with Gasteiger partial charge in [0, 0.05) is 16.9 Å². The highest BCUT2D eigenvalue weighted by atomic mass is 14.7. The number of para-hydroxylation sites is 1. The summed E-state index contributed by atoms with van der Waals surface area (Å²) >= 11 is 0. The van der Waals surface area contributed by atoms with Gasteiger partial charge in [-0.1, -0.05) is 188 Å². The summed E-state index contributed by atoms with van der Waals surface area (Å²) in [7, 11) is 0. The first-order valence-corrected chi connectivity index (χ1v) is 19.5. The summed E-state index contributed by atoms with van der Waals surface area (Å²) in [5.74, 6) is 0.393. The molecule has 1 aliphatic rings. The number of hydrogen-bond acceptors (Lipinski definition) is 1. The summed E-state index contributed by atoms with van der Waals surface area (Å²) in [6.45, 7) is 0. The van der Waals surface area contributed by atoms with Crippen molar-refractivity contribution in [3.8, 4) is 55.8 Å². The molecule has 56 heavy (non-hydrogen) atoms. The third-order valence-corrected chi connectivity index (χ3v) is 11.2. The predicted octanol–water partition coefficient (Wildman–Crippen LogP) is 14.9. The molecule has 1 nitrogen and oxygen atoms in total. The van der Waals surface area contributed by atoms with E-state index in [0.29, 0.717) is 5.92 Å². The summed E-state index contributed by atoms with van der Waals surface area (Å²) in [5, 5.41) is 3.67. The van der Waals surface area contributed by atoms with Crippen molar-refractivity contribution in [2.24, 2.45) is 0 Å². The number of nitrogens with zero attached hydrogens (tertiary/aromatic N) is 1. The van der Waals surface area contributed by atoms with Crippen LogP contribution in [-0.2, 0) is 0 Å². The molecule has 0 amide bonds. The van der Waals surface area contributed by atoms with Gasteiger partial charge in [-0.2, -0.15) is 0 Å². The third-order valence-electron chi connectivity index (χ3n) is 11.2. The van der Waals surface area contributed by atoms with E-state index in [4.69, 9.17) is 4.98 Å². The van der Waals surface area contributed by atoms with Crippen LogP contribution in [-0.4, -0.2) is 4.98 Å². The van der Waals surface area contributed by atoms with Crippen LogP contribution in [0.4, 0.5) is 0 Å². The van der Waals surface area contributed by atoms with E-state index in [0.717, 1.165) is 28.6 Å². The average molecular weight is 714 g/mol. The fraction of sp³-hybridized carbons (Fsp3) is 0.0364. The molecule has 9 aromatic rings. The normalized spacial score (nSPS) is 13.9. The van der Waals surface area contributed by atoms with Gasteiger partial charge in [0.2, 0.25) is 0 Å². The van der Waals surface area contributed by atoms with Crippen LogP contribution in [0.1, 0.15) is 23.5 Å². The summed E-state index contributed by atoms with van der Waals surface area (Å²) in [6, 6.07) is 72.4.